The molecule has 94 valence electrons. The first-order valence-electron chi connectivity index (χ1n) is 6.83. The Kier molecular flexibility index (Phi) is 4.87. The lowest BCUT2D eigenvalue weighted by Crippen LogP contribution is -2.34. The summed E-state index contributed by atoms with van der Waals surface area (Å²) in [5.74, 6) is 0.979. The maximum Gasteiger partial charge on any atom is 0.119 e. The van der Waals surface area contributed by atoms with Gasteiger partial charge in [0.1, 0.15) is 5.75 Å². The number of aryl methyl sites for hydroxylation is 1. The molecule has 2 heteroatoms. The van der Waals surface area contributed by atoms with Crippen LogP contribution in [0.15, 0.2) is 24.3 Å². The van der Waals surface area contributed by atoms with E-state index in [2.05, 4.69) is 29.6 Å². The molecular weight excluding hydrogens is 210 g/mol. The van der Waals surface area contributed by atoms with Gasteiger partial charge in [-0.3, -0.25) is 0 Å². The van der Waals surface area contributed by atoms with E-state index in [9.17, 15) is 0 Å². The number of piperidine rings is 1. The maximum absolute atomic E-state index is 5.44. The first-order chi connectivity index (χ1) is 8.38. The minimum absolute atomic E-state index is 0.732. The van der Waals surface area contributed by atoms with Gasteiger partial charge >= 0.3 is 0 Å². The van der Waals surface area contributed by atoms with Gasteiger partial charge < -0.3 is 10.1 Å². The van der Waals surface area contributed by atoms with Gasteiger partial charge in [-0.2, -0.15) is 0 Å². The Morgan fingerprint density at radius 2 is 2.06 bits per heavy atom. The lowest BCUT2D eigenvalue weighted by Gasteiger charge is -2.23. The molecule has 2 nitrogen and oxygen atoms in total. The normalized spacial score (nSPS) is 20.2. The fraction of sp³-hybridized carbons (Fsp3) is 0.600. The van der Waals surface area contributed by atoms with E-state index in [0.29, 0.717) is 0 Å². The SMILES string of the molecule is CCOc1ccc(CC[C@H]2CCCCN2)cc1. The second kappa shape index (κ2) is 6.65. The maximum atomic E-state index is 5.44. The Morgan fingerprint density at radius 3 is 2.71 bits per heavy atom. The standard InChI is InChI=1S/C15H23NO/c1-2-17-15-10-7-13(8-11-15)6-9-14-5-3-4-12-16-14/h7-8,10-11,14,16H,2-6,9,12H2,1H3/t14-/m1/s1. The van der Waals surface area contributed by atoms with Crippen LogP contribution in [0.2, 0.25) is 0 Å². The van der Waals surface area contributed by atoms with Crippen molar-refractivity contribution in [3.63, 3.8) is 0 Å². The van der Waals surface area contributed by atoms with Gasteiger partial charge in [0.25, 0.3) is 0 Å². The van der Waals surface area contributed by atoms with Crippen molar-refractivity contribution in [2.45, 2.75) is 45.1 Å². The zero-order valence-corrected chi connectivity index (χ0v) is 10.7. The quantitative estimate of drug-likeness (QED) is 0.843. The zero-order chi connectivity index (χ0) is 11.9. The van der Waals surface area contributed by atoms with E-state index in [4.69, 9.17) is 4.74 Å². The number of rotatable bonds is 5. The zero-order valence-electron chi connectivity index (χ0n) is 10.7. The molecule has 0 bridgehead atoms. The number of hydrogen-bond acceptors (Lipinski definition) is 2. The van der Waals surface area contributed by atoms with Gasteiger partial charge in [0.05, 0.1) is 6.61 Å². The number of hydrogen-bond donors (Lipinski definition) is 1. The number of benzene rings is 1. The summed E-state index contributed by atoms with van der Waals surface area (Å²) in [5.41, 5.74) is 1.42. The molecule has 0 aliphatic carbocycles. The topological polar surface area (TPSA) is 21.3 Å². The van der Waals surface area contributed by atoms with Crippen LogP contribution in [0, 0.1) is 0 Å². The number of nitrogens with one attached hydrogen (secondary N) is 1. The van der Waals surface area contributed by atoms with E-state index < -0.39 is 0 Å². The van der Waals surface area contributed by atoms with Crippen molar-refractivity contribution in [2.24, 2.45) is 0 Å². The summed E-state index contributed by atoms with van der Waals surface area (Å²) < 4.78 is 5.44. The van der Waals surface area contributed by atoms with E-state index in [0.717, 1.165) is 18.4 Å². The highest BCUT2D eigenvalue weighted by Crippen LogP contribution is 2.16. The van der Waals surface area contributed by atoms with Gasteiger partial charge in [0, 0.05) is 6.04 Å². The molecule has 1 aromatic carbocycles. The van der Waals surface area contributed by atoms with Crippen LogP contribution in [-0.4, -0.2) is 19.2 Å². The minimum atomic E-state index is 0.732. The van der Waals surface area contributed by atoms with E-state index in [1.54, 1.807) is 0 Å². The van der Waals surface area contributed by atoms with Gasteiger partial charge in [-0.15, -0.1) is 0 Å². The molecule has 1 fully saturated rings. The summed E-state index contributed by atoms with van der Waals surface area (Å²) >= 11 is 0. The predicted molar refractivity (Wildman–Crippen MR) is 71.6 cm³/mol. The van der Waals surface area contributed by atoms with E-state index in [-0.39, 0.29) is 0 Å². The smallest absolute Gasteiger partial charge is 0.119 e. The van der Waals surface area contributed by atoms with Crippen molar-refractivity contribution in [1.82, 2.24) is 5.32 Å². The molecule has 1 heterocycles. The van der Waals surface area contributed by atoms with E-state index in [1.807, 2.05) is 6.92 Å². The van der Waals surface area contributed by atoms with Gasteiger partial charge in [-0.1, -0.05) is 18.6 Å². The summed E-state index contributed by atoms with van der Waals surface area (Å²) in [6, 6.07) is 9.26. The van der Waals surface area contributed by atoms with Crippen LogP contribution in [0.5, 0.6) is 5.75 Å². The van der Waals surface area contributed by atoms with Crippen LogP contribution in [-0.2, 0) is 6.42 Å². The number of ether oxygens (including phenoxy) is 1. The van der Waals surface area contributed by atoms with Crippen LogP contribution in [0.3, 0.4) is 0 Å². The summed E-state index contributed by atoms with van der Waals surface area (Å²) in [4.78, 5) is 0. The Hall–Kier alpha value is -1.02. The highest BCUT2D eigenvalue weighted by Gasteiger charge is 2.11. The fourth-order valence-electron chi connectivity index (χ4n) is 2.43. The Bertz CT molecular complexity index is 314. The first-order valence-corrected chi connectivity index (χ1v) is 6.83. The molecule has 1 aliphatic rings. The molecule has 1 atom stereocenters. The molecule has 1 aliphatic heterocycles. The highest BCUT2D eigenvalue weighted by molar-refractivity contribution is 5.27. The third kappa shape index (κ3) is 4.04. The van der Waals surface area contributed by atoms with Crippen molar-refractivity contribution in [2.75, 3.05) is 13.2 Å². The minimum Gasteiger partial charge on any atom is -0.494 e. The molecule has 17 heavy (non-hydrogen) atoms. The van der Waals surface area contributed by atoms with Gasteiger partial charge in [0.15, 0.2) is 0 Å². The van der Waals surface area contributed by atoms with E-state index in [1.165, 1.54) is 44.2 Å². The van der Waals surface area contributed by atoms with Crippen LogP contribution >= 0.6 is 0 Å². The monoisotopic (exact) mass is 233 g/mol. The van der Waals surface area contributed by atoms with Crippen molar-refractivity contribution in [3.05, 3.63) is 29.8 Å². The van der Waals surface area contributed by atoms with Crippen LogP contribution < -0.4 is 10.1 Å². The largest absolute Gasteiger partial charge is 0.494 e. The van der Waals surface area contributed by atoms with Crippen molar-refractivity contribution in [3.8, 4) is 5.75 Å². The van der Waals surface area contributed by atoms with Crippen molar-refractivity contribution in [1.29, 1.82) is 0 Å². The molecule has 1 N–H and O–H groups in total. The van der Waals surface area contributed by atoms with Crippen molar-refractivity contribution < 1.29 is 4.74 Å². The van der Waals surface area contributed by atoms with Crippen LogP contribution in [0.4, 0.5) is 0 Å². The molecule has 0 aromatic heterocycles. The molecule has 2 rings (SSSR count). The second-order valence-electron chi connectivity index (χ2n) is 4.76. The molecular formula is C15H23NO. The van der Waals surface area contributed by atoms with Gasteiger partial charge in [0.2, 0.25) is 0 Å². The fourth-order valence-corrected chi connectivity index (χ4v) is 2.43. The Balaban J connectivity index is 1.77. The van der Waals surface area contributed by atoms with Crippen molar-refractivity contribution >= 4 is 0 Å². The van der Waals surface area contributed by atoms with Crippen LogP contribution in [0.1, 0.15) is 38.2 Å². The molecule has 0 amide bonds. The first kappa shape index (κ1) is 12.4. The predicted octanol–water partition coefficient (Wildman–Crippen LogP) is 3.16. The third-order valence-corrected chi connectivity index (χ3v) is 3.43. The third-order valence-electron chi connectivity index (χ3n) is 3.43. The lowest BCUT2D eigenvalue weighted by molar-refractivity contribution is 0.340. The second-order valence-corrected chi connectivity index (χ2v) is 4.76. The average molecular weight is 233 g/mol. The summed E-state index contributed by atoms with van der Waals surface area (Å²) in [5, 5.41) is 3.60. The average Bonchev–Trinajstić information content (AvgIpc) is 2.40. The lowest BCUT2D eigenvalue weighted by atomic mass is 9.98. The molecule has 1 aromatic rings. The molecule has 0 saturated carbocycles. The highest BCUT2D eigenvalue weighted by atomic mass is 16.5. The summed E-state index contributed by atoms with van der Waals surface area (Å²) in [6.45, 7) is 3.96. The van der Waals surface area contributed by atoms with Crippen LogP contribution in [0.25, 0.3) is 0 Å². The molecule has 0 radical (unpaired) electrons. The molecule has 0 spiro atoms. The Labute approximate surface area is 104 Å². The van der Waals surface area contributed by atoms with Gasteiger partial charge in [-0.25, -0.2) is 0 Å². The molecule has 1 saturated heterocycles. The summed E-state index contributed by atoms with van der Waals surface area (Å²) in [6.07, 6.45) is 6.51. The van der Waals surface area contributed by atoms with Gasteiger partial charge in [-0.05, 0) is 56.8 Å². The molecule has 0 unspecified atom stereocenters. The summed E-state index contributed by atoms with van der Waals surface area (Å²) in [7, 11) is 0. The Morgan fingerprint density at radius 1 is 1.24 bits per heavy atom. The van der Waals surface area contributed by atoms with E-state index >= 15 is 0 Å².